The fourth-order valence-corrected chi connectivity index (χ4v) is 3.36. The van der Waals surface area contributed by atoms with Gasteiger partial charge in [0.15, 0.2) is 0 Å². The SMILES string of the molecule is CC[C@H](C)C[C@@]1(CO)CCC2(CC2)C1. The third-order valence-electron chi connectivity index (χ3n) is 4.71. The third-order valence-corrected chi connectivity index (χ3v) is 4.71. The average Bonchev–Trinajstić information content (AvgIpc) is 2.84. The molecule has 0 amide bonds. The first-order valence-corrected chi connectivity index (χ1v) is 6.25. The predicted octanol–water partition coefficient (Wildman–Crippen LogP) is 3.37. The van der Waals surface area contributed by atoms with Crippen molar-refractivity contribution < 1.29 is 5.11 Å². The summed E-state index contributed by atoms with van der Waals surface area (Å²) in [7, 11) is 0. The highest BCUT2D eigenvalue weighted by Gasteiger charge is 2.54. The van der Waals surface area contributed by atoms with Crippen molar-refractivity contribution in [2.75, 3.05) is 6.61 Å². The Balaban J connectivity index is 1.96. The summed E-state index contributed by atoms with van der Waals surface area (Å²) in [6, 6.07) is 0. The highest BCUT2D eigenvalue weighted by atomic mass is 16.3. The maximum atomic E-state index is 9.62. The fraction of sp³-hybridized carbons (Fsp3) is 1.00. The molecule has 1 heteroatoms. The summed E-state index contributed by atoms with van der Waals surface area (Å²) >= 11 is 0. The Bertz CT molecular complexity index is 207. The van der Waals surface area contributed by atoms with Crippen molar-refractivity contribution in [1.29, 1.82) is 0 Å². The molecule has 2 atom stereocenters. The van der Waals surface area contributed by atoms with Crippen LogP contribution >= 0.6 is 0 Å². The largest absolute Gasteiger partial charge is 0.396 e. The van der Waals surface area contributed by atoms with Gasteiger partial charge in [0.05, 0.1) is 0 Å². The zero-order valence-corrected chi connectivity index (χ0v) is 9.68. The first-order chi connectivity index (χ1) is 6.64. The molecule has 0 saturated heterocycles. The van der Waals surface area contributed by atoms with Crippen LogP contribution < -0.4 is 0 Å². The molecule has 1 nitrogen and oxygen atoms in total. The molecule has 0 aromatic heterocycles. The van der Waals surface area contributed by atoms with Gasteiger partial charge in [-0.05, 0) is 55.3 Å². The smallest absolute Gasteiger partial charge is 0.0487 e. The van der Waals surface area contributed by atoms with Gasteiger partial charge in [-0.3, -0.25) is 0 Å². The van der Waals surface area contributed by atoms with Crippen molar-refractivity contribution >= 4 is 0 Å². The molecular weight excluding hydrogens is 172 g/mol. The Morgan fingerprint density at radius 3 is 2.29 bits per heavy atom. The van der Waals surface area contributed by atoms with Crippen LogP contribution in [0.3, 0.4) is 0 Å². The van der Waals surface area contributed by atoms with Gasteiger partial charge >= 0.3 is 0 Å². The summed E-state index contributed by atoms with van der Waals surface area (Å²) in [4.78, 5) is 0. The van der Waals surface area contributed by atoms with Crippen molar-refractivity contribution in [1.82, 2.24) is 0 Å². The van der Waals surface area contributed by atoms with Gasteiger partial charge in [-0.1, -0.05) is 20.3 Å². The van der Waals surface area contributed by atoms with E-state index in [0.717, 1.165) is 5.92 Å². The second kappa shape index (κ2) is 3.52. The Hall–Kier alpha value is -0.0400. The zero-order valence-electron chi connectivity index (χ0n) is 9.68. The number of hydrogen-bond acceptors (Lipinski definition) is 1. The number of aliphatic hydroxyl groups is 1. The lowest BCUT2D eigenvalue weighted by molar-refractivity contribution is 0.0972. The first-order valence-electron chi connectivity index (χ1n) is 6.25. The van der Waals surface area contributed by atoms with Gasteiger partial charge in [0, 0.05) is 6.61 Å². The second-order valence-corrected chi connectivity index (χ2v) is 6.05. The molecule has 1 spiro atoms. The van der Waals surface area contributed by atoms with Gasteiger partial charge in [0.2, 0.25) is 0 Å². The minimum absolute atomic E-state index is 0.311. The first kappa shape index (κ1) is 10.5. The standard InChI is InChI=1S/C13H24O/c1-3-11(2)8-13(10-14)7-6-12(9-13)4-5-12/h11,14H,3-10H2,1-2H3/t11-,13-/m0/s1. The van der Waals surface area contributed by atoms with Crippen LogP contribution in [0.15, 0.2) is 0 Å². The van der Waals surface area contributed by atoms with Crippen LogP contribution in [0.2, 0.25) is 0 Å². The Morgan fingerprint density at radius 1 is 1.21 bits per heavy atom. The van der Waals surface area contributed by atoms with Crippen molar-refractivity contribution in [2.45, 2.75) is 58.8 Å². The van der Waals surface area contributed by atoms with Crippen LogP contribution in [-0.4, -0.2) is 11.7 Å². The van der Waals surface area contributed by atoms with Gasteiger partial charge in [0.1, 0.15) is 0 Å². The minimum atomic E-state index is 0.311. The molecule has 0 aliphatic heterocycles. The number of aliphatic hydroxyl groups excluding tert-OH is 1. The van der Waals surface area contributed by atoms with Crippen molar-refractivity contribution in [2.24, 2.45) is 16.7 Å². The van der Waals surface area contributed by atoms with Crippen molar-refractivity contribution in [3.63, 3.8) is 0 Å². The summed E-state index contributed by atoms with van der Waals surface area (Å²) in [6.07, 6.45) is 9.39. The molecule has 0 aromatic carbocycles. The molecule has 0 unspecified atom stereocenters. The maximum Gasteiger partial charge on any atom is 0.0487 e. The van der Waals surface area contributed by atoms with Crippen LogP contribution in [0.5, 0.6) is 0 Å². The molecule has 2 aliphatic carbocycles. The van der Waals surface area contributed by atoms with E-state index in [1.165, 1.54) is 44.9 Å². The van der Waals surface area contributed by atoms with Gasteiger partial charge in [-0.25, -0.2) is 0 Å². The normalized spacial score (nSPS) is 36.2. The average molecular weight is 196 g/mol. The topological polar surface area (TPSA) is 20.2 Å². The van der Waals surface area contributed by atoms with E-state index >= 15 is 0 Å². The quantitative estimate of drug-likeness (QED) is 0.731. The molecule has 14 heavy (non-hydrogen) atoms. The monoisotopic (exact) mass is 196 g/mol. The highest BCUT2D eigenvalue weighted by Crippen LogP contribution is 2.64. The summed E-state index contributed by atoms with van der Waals surface area (Å²) in [5.74, 6) is 0.788. The molecule has 2 saturated carbocycles. The Labute approximate surface area is 87.9 Å². The van der Waals surface area contributed by atoms with E-state index in [9.17, 15) is 5.11 Å². The summed E-state index contributed by atoms with van der Waals surface area (Å²) < 4.78 is 0. The highest BCUT2D eigenvalue weighted by molar-refractivity contribution is 5.05. The van der Waals surface area contributed by atoms with Gasteiger partial charge in [-0.15, -0.1) is 0 Å². The lowest BCUT2D eigenvalue weighted by atomic mass is 9.77. The number of rotatable bonds is 4. The Kier molecular flexibility index (Phi) is 2.63. The van der Waals surface area contributed by atoms with E-state index in [0.29, 0.717) is 17.4 Å². The predicted molar refractivity (Wildman–Crippen MR) is 59.1 cm³/mol. The van der Waals surface area contributed by atoms with Crippen molar-refractivity contribution in [3.05, 3.63) is 0 Å². The molecule has 82 valence electrons. The molecule has 0 bridgehead atoms. The zero-order chi connectivity index (χ0) is 10.2. The molecule has 1 N–H and O–H groups in total. The third kappa shape index (κ3) is 1.84. The molecule has 0 radical (unpaired) electrons. The van der Waals surface area contributed by atoms with Crippen molar-refractivity contribution in [3.8, 4) is 0 Å². The minimum Gasteiger partial charge on any atom is -0.396 e. The second-order valence-electron chi connectivity index (χ2n) is 6.05. The lowest BCUT2D eigenvalue weighted by Crippen LogP contribution is -2.25. The number of hydrogen-bond donors (Lipinski definition) is 1. The van der Waals surface area contributed by atoms with Gasteiger partial charge in [-0.2, -0.15) is 0 Å². The van der Waals surface area contributed by atoms with Crippen LogP contribution in [0.4, 0.5) is 0 Å². The fourth-order valence-electron chi connectivity index (χ4n) is 3.36. The molecule has 0 aromatic rings. The van der Waals surface area contributed by atoms with E-state index < -0.39 is 0 Å². The lowest BCUT2D eigenvalue weighted by Gasteiger charge is -2.30. The summed E-state index contributed by atoms with van der Waals surface area (Å²) in [6.45, 7) is 5.02. The van der Waals surface area contributed by atoms with Crippen LogP contribution in [0.1, 0.15) is 58.8 Å². The van der Waals surface area contributed by atoms with Crippen LogP contribution in [0, 0.1) is 16.7 Å². The van der Waals surface area contributed by atoms with Crippen LogP contribution in [-0.2, 0) is 0 Å². The van der Waals surface area contributed by atoms with E-state index in [1.54, 1.807) is 0 Å². The van der Waals surface area contributed by atoms with Gasteiger partial charge < -0.3 is 5.11 Å². The molecule has 2 aliphatic rings. The van der Waals surface area contributed by atoms with Gasteiger partial charge in [0.25, 0.3) is 0 Å². The van der Waals surface area contributed by atoms with Crippen LogP contribution in [0.25, 0.3) is 0 Å². The molecule has 2 fully saturated rings. The van der Waals surface area contributed by atoms with E-state index in [2.05, 4.69) is 13.8 Å². The Morgan fingerprint density at radius 2 is 1.86 bits per heavy atom. The van der Waals surface area contributed by atoms with E-state index in [-0.39, 0.29) is 0 Å². The molecule has 2 rings (SSSR count). The summed E-state index contributed by atoms with van der Waals surface area (Å²) in [5, 5.41) is 9.62. The maximum absolute atomic E-state index is 9.62. The summed E-state index contributed by atoms with van der Waals surface area (Å²) in [5.41, 5.74) is 1.02. The molecular formula is C13H24O. The van der Waals surface area contributed by atoms with E-state index in [4.69, 9.17) is 0 Å². The van der Waals surface area contributed by atoms with E-state index in [1.807, 2.05) is 0 Å². The molecule has 0 heterocycles.